The Kier molecular flexibility index (Phi) is 4.92. The average Bonchev–Trinajstić information content (AvgIpc) is 2.83. The van der Waals surface area contributed by atoms with Crippen LogP contribution in [0.4, 0.5) is 0 Å². The van der Waals surface area contributed by atoms with E-state index < -0.39 is 0 Å². The normalized spacial score (nSPS) is 10.1. The molecule has 0 aliphatic heterocycles. The monoisotopic (exact) mass is 259 g/mol. The van der Waals surface area contributed by atoms with E-state index >= 15 is 0 Å². The van der Waals surface area contributed by atoms with Crippen molar-refractivity contribution in [1.82, 2.24) is 15.5 Å². The summed E-state index contributed by atoms with van der Waals surface area (Å²) in [5, 5.41) is 10.1. The van der Waals surface area contributed by atoms with Crippen LogP contribution in [0.1, 0.15) is 10.7 Å². The van der Waals surface area contributed by atoms with Gasteiger partial charge in [0, 0.05) is 24.4 Å². The lowest BCUT2D eigenvalue weighted by Gasteiger charge is -1.92. The van der Waals surface area contributed by atoms with Crippen LogP contribution in [0.25, 0.3) is 11.5 Å². The number of nitrogens with zero attached hydrogens (tertiary/aromatic N) is 2. The van der Waals surface area contributed by atoms with E-state index in [-0.39, 0.29) is 12.4 Å². The first-order chi connectivity index (χ1) is 7.29. The summed E-state index contributed by atoms with van der Waals surface area (Å²) in [6.07, 6.45) is 0.953. The molecule has 0 amide bonds. The first-order valence-corrected chi connectivity index (χ1v) is 5.70. The van der Waals surface area contributed by atoms with Gasteiger partial charge in [-0.25, -0.2) is 4.98 Å². The van der Waals surface area contributed by atoms with Crippen LogP contribution in [0, 0.1) is 6.92 Å². The van der Waals surface area contributed by atoms with Crippen LogP contribution < -0.4 is 5.32 Å². The van der Waals surface area contributed by atoms with Gasteiger partial charge in [0.05, 0.1) is 10.7 Å². The van der Waals surface area contributed by atoms with Crippen LogP contribution in [-0.2, 0) is 6.42 Å². The standard InChI is InChI=1S/C10H13N3OS.ClH/c1-7-5-9(14-13-7)8-6-15-10(12-8)3-4-11-2;/h5-6,11H,3-4H2,1-2H3;1H. The molecule has 2 heterocycles. The number of aromatic nitrogens is 2. The first kappa shape index (κ1) is 13.2. The molecule has 0 saturated carbocycles. The van der Waals surface area contributed by atoms with Crippen molar-refractivity contribution >= 4 is 23.7 Å². The quantitative estimate of drug-likeness (QED) is 0.915. The van der Waals surface area contributed by atoms with Crippen LogP contribution in [0.2, 0.25) is 0 Å². The van der Waals surface area contributed by atoms with Gasteiger partial charge in [-0.1, -0.05) is 5.16 Å². The van der Waals surface area contributed by atoms with Crippen molar-refractivity contribution in [2.45, 2.75) is 13.3 Å². The molecule has 6 heteroatoms. The van der Waals surface area contributed by atoms with Crippen LogP contribution in [0.5, 0.6) is 0 Å². The van der Waals surface area contributed by atoms with Crippen molar-refractivity contribution in [1.29, 1.82) is 0 Å². The maximum Gasteiger partial charge on any atom is 0.186 e. The van der Waals surface area contributed by atoms with Crippen LogP contribution >= 0.6 is 23.7 Å². The van der Waals surface area contributed by atoms with E-state index in [0.717, 1.165) is 35.1 Å². The van der Waals surface area contributed by atoms with Crippen molar-refractivity contribution in [3.8, 4) is 11.5 Å². The minimum absolute atomic E-state index is 0. The second-order valence-electron chi connectivity index (χ2n) is 3.31. The molecule has 1 N–H and O–H groups in total. The number of thiazole rings is 1. The zero-order chi connectivity index (χ0) is 10.7. The maximum absolute atomic E-state index is 5.15. The lowest BCUT2D eigenvalue weighted by Crippen LogP contribution is -2.09. The minimum atomic E-state index is 0. The van der Waals surface area contributed by atoms with E-state index in [4.69, 9.17) is 4.52 Å². The molecule has 0 atom stereocenters. The predicted molar refractivity (Wildman–Crippen MR) is 67.2 cm³/mol. The zero-order valence-corrected chi connectivity index (χ0v) is 10.8. The highest BCUT2D eigenvalue weighted by Gasteiger charge is 2.08. The van der Waals surface area contributed by atoms with E-state index in [1.54, 1.807) is 11.3 Å². The van der Waals surface area contributed by atoms with Gasteiger partial charge in [-0.2, -0.15) is 0 Å². The summed E-state index contributed by atoms with van der Waals surface area (Å²) in [6.45, 7) is 2.85. The lowest BCUT2D eigenvalue weighted by atomic mass is 10.3. The average molecular weight is 260 g/mol. The number of halogens is 1. The SMILES string of the molecule is CNCCc1nc(-c2cc(C)no2)cs1.Cl. The molecule has 0 unspecified atom stereocenters. The second-order valence-corrected chi connectivity index (χ2v) is 4.26. The molecule has 4 nitrogen and oxygen atoms in total. The molecule has 16 heavy (non-hydrogen) atoms. The Hall–Kier alpha value is -0.910. The summed E-state index contributed by atoms with van der Waals surface area (Å²) in [7, 11) is 1.94. The Morgan fingerprint density at radius 3 is 2.94 bits per heavy atom. The molecule has 2 aromatic rings. The Morgan fingerprint density at radius 1 is 1.50 bits per heavy atom. The van der Waals surface area contributed by atoms with Gasteiger partial charge in [0.15, 0.2) is 5.76 Å². The van der Waals surface area contributed by atoms with E-state index in [1.165, 1.54) is 0 Å². The Labute approximate surface area is 104 Å². The zero-order valence-electron chi connectivity index (χ0n) is 9.19. The third-order valence-corrected chi connectivity index (χ3v) is 2.93. The van der Waals surface area contributed by atoms with E-state index in [2.05, 4.69) is 15.5 Å². The summed E-state index contributed by atoms with van der Waals surface area (Å²) in [6, 6.07) is 1.90. The molecule has 2 rings (SSSR count). The summed E-state index contributed by atoms with van der Waals surface area (Å²) in [5.74, 6) is 0.749. The van der Waals surface area contributed by atoms with Crippen molar-refractivity contribution < 1.29 is 4.52 Å². The smallest absolute Gasteiger partial charge is 0.186 e. The number of hydrogen-bond donors (Lipinski definition) is 1. The molecule has 0 aromatic carbocycles. The summed E-state index contributed by atoms with van der Waals surface area (Å²) < 4.78 is 5.15. The van der Waals surface area contributed by atoms with Gasteiger partial charge in [-0.3, -0.25) is 0 Å². The van der Waals surface area contributed by atoms with Crippen molar-refractivity contribution in [3.05, 3.63) is 22.1 Å². The maximum atomic E-state index is 5.15. The number of nitrogens with one attached hydrogen (secondary N) is 1. The fourth-order valence-electron chi connectivity index (χ4n) is 1.26. The van der Waals surface area contributed by atoms with Crippen molar-refractivity contribution in [2.24, 2.45) is 0 Å². The molecule has 88 valence electrons. The van der Waals surface area contributed by atoms with Crippen molar-refractivity contribution in [2.75, 3.05) is 13.6 Å². The van der Waals surface area contributed by atoms with E-state index in [1.807, 2.05) is 25.4 Å². The Bertz CT molecular complexity index is 441. The van der Waals surface area contributed by atoms with E-state index in [0.29, 0.717) is 0 Å². The van der Waals surface area contributed by atoms with Crippen LogP contribution in [0.3, 0.4) is 0 Å². The Balaban J connectivity index is 0.00000128. The first-order valence-electron chi connectivity index (χ1n) is 4.82. The molecule has 0 spiro atoms. The summed E-state index contributed by atoms with van der Waals surface area (Å²) in [4.78, 5) is 4.48. The fourth-order valence-corrected chi connectivity index (χ4v) is 2.04. The van der Waals surface area contributed by atoms with Gasteiger partial charge in [0.2, 0.25) is 0 Å². The molecule has 2 aromatic heterocycles. The van der Waals surface area contributed by atoms with Gasteiger partial charge in [0.1, 0.15) is 5.69 Å². The molecule has 0 aliphatic rings. The number of hydrogen-bond acceptors (Lipinski definition) is 5. The second kappa shape index (κ2) is 5.98. The van der Waals surface area contributed by atoms with Gasteiger partial charge in [-0.15, -0.1) is 23.7 Å². The molecule has 0 radical (unpaired) electrons. The molecular weight excluding hydrogens is 246 g/mol. The Morgan fingerprint density at radius 2 is 2.31 bits per heavy atom. The highest BCUT2D eigenvalue weighted by atomic mass is 35.5. The topological polar surface area (TPSA) is 51.0 Å². The molecule has 0 fully saturated rings. The fraction of sp³-hybridized carbons (Fsp3) is 0.400. The highest BCUT2D eigenvalue weighted by molar-refractivity contribution is 7.09. The molecule has 0 aliphatic carbocycles. The molecule has 0 saturated heterocycles. The van der Waals surface area contributed by atoms with Crippen molar-refractivity contribution in [3.63, 3.8) is 0 Å². The van der Waals surface area contributed by atoms with Gasteiger partial charge in [-0.05, 0) is 14.0 Å². The van der Waals surface area contributed by atoms with Crippen LogP contribution in [0.15, 0.2) is 16.0 Å². The van der Waals surface area contributed by atoms with Gasteiger partial charge >= 0.3 is 0 Å². The molecule has 0 bridgehead atoms. The van der Waals surface area contributed by atoms with Gasteiger partial charge in [0.25, 0.3) is 0 Å². The third kappa shape index (κ3) is 3.04. The summed E-state index contributed by atoms with van der Waals surface area (Å²) in [5.41, 5.74) is 1.77. The third-order valence-electron chi connectivity index (χ3n) is 2.02. The van der Waals surface area contributed by atoms with E-state index in [9.17, 15) is 0 Å². The van der Waals surface area contributed by atoms with Crippen LogP contribution in [-0.4, -0.2) is 23.7 Å². The minimum Gasteiger partial charge on any atom is -0.354 e. The summed E-state index contributed by atoms with van der Waals surface area (Å²) >= 11 is 1.65. The largest absolute Gasteiger partial charge is 0.354 e. The number of rotatable bonds is 4. The highest BCUT2D eigenvalue weighted by Crippen LogP contribution is 2.22. The number of aryl methyl sites for hydroxylation is 1. The van der Waals surface area contributed by atoms with Gasteiger partial charge < -0.3 is 9.84 Å². The molecular formula is C10H14ClN3OS. The lowest BCUT2D eigenvalue weighted by molar-refractivity contribution is 0.426. The predicted octanol–water partition coefficient (Wildman–Crippen LogP) is 2.29. The number of likely N-dealkylation sites (N-methyl/N-ethyl adjacent to an activating group) is 1.